The molecule has 5 rings (SSSR count). The molecule has 0 fully saturated rings. The topological polar surface area (TPSA) is 114 Å². The molecule has 1 amide bonds. The van der Waals surface area contributed by atoms with E-state index in [9.17, 15) is 14.4 Å². The number of hydrogen-bond acceptors (Lipinski definition) is 7. The molecular formula is C27H26N4O5. The van der Waals surface area contributed by atoms with Gasteiger partial charge in [-0.1, -0.05) is 36.4 Å². The van der Waals surface area contributed by atoms with E-state index in [-0.39, 0.29) is 18.1 Å². The van der Waals surface area contributed by atoms with E-state index in [0.717, 1.165) is 11.1 Å². The van der Waals surface area contributed by atoms with Crippen LogP contribution in [0.25, 0.3) is 11.3 Å². The number of benzene rings is 2. The molecule has 0 bridgehead atoms. The second-order valence-corrected chi connectivity index (χ2v) is 8.71. The van der Waals surface area contributed by atoms with Crippen molar-refractivity contribution in [1.82, 2.24) is 15.2 Å². The number of carbonyl (C=O) groups excluding carboxylic acids is 2. The van der Waals surface area contributed by atoms with Crippen LogP contribution < -0.4 is 20.5 Å². The first-order valence-corrected chi connectivity index (χ1v) is 11.7. The molecule has 2 aromatic carbocycles. The Hall–Kier alpha value is -4.40. The number of Topliss-reactive ketones (excluding diaryl/α,β-unsaturated/α-hetero) is 1. The zero-order valence-corrected chi connectivity index (χ0v) is 20.0. The van der Waals surface area contributed by atoms with E-state index in [1.54, 1.807) is 20.3 Å². The van der Waals surface area contributed by atoms with Crippen molar-refractivity contribution in [2.75, 3.05) is 19.6 Å². The van der Waals surface area contributed by atoms with Gasteiger partial charge in [-0.2, -0.15) is 5.10 Å². The van der Waals surface area contributed by atoms with Gasteiger partial charge in [0, 0.05) is 36.0 Å². The van der Waals surface area contributed by atoms with E-state index in [0.29, 0.717) is 53.4 Å². The number of rotatable bonds is 6. The highest BCUT2D eigenvalue weighted by atomic mass is 16.5. The summed E-state index contributed by atoms with van der Waals surface area (Å²) in [7, 11) is 3.11. The summed E-state index contributed by atoms with van der Waals surface area (Å²) in [5.74, 6) is 0.524. The molecule has 3 aromatic rings. The number of allylic oxidation sites excluding steroid dienone is 2. The second-order valence-electron chi connectivity index (χ2n) is 8.71. The number of hydrazine groups is 1. The third kappa shape index (κ3) is 4.24. The number of ketones is 1. The van der Waals surface area contributed by atoms with Crippen LogP contribution in [0.15, 0.2) is 70.7 Å². The van der Waals surface area contributed by atoms with Gasteiger partial charge in [-0.05, 0) is 30.5 Å². The number of amides is 1. The van der Waals surface area contributed by atoms with Crippen molar-refractivity contribution in [3.05, 3.63) is 81.8 Å². The lowest BCUT2D eigenvalue weighted by Crippen LogP contribution is -2.43. The van der Waals surface area contributed by atoms with Gasteiger partial charge in [-0.25, -0.2) is 10.1 Å². The Kier molecular flexibility index (Phi) is 6.28. The molecule has 1 aliphatic carbocycles. The van der Waals surface area contributed by atoms with E-state index < -0.39 is 11.5 Å². The van der Waals surface area contributed by atoms with Crippen molar-refractivity contribution < 1.29 is 19.1 Å². The molecule has 1 aromatic heterocycles. The monoisotopic (exact) mass is 486 g/mol. The van der Waals surface area contributed by atoms with Gasteiger partial charge in [0.15, 0.2) is 17.3 Å². The summed E-state index contributed by atoms with van der Waals surface area (Å²) < 4.78 is 10.8. The number of ether oxygens (including phenoxy) is 2. The number of methoxy groups -OCH3 is 2. The molecular weight excluding hydrogens is 460 g/mol. The van der Waals surface area contributed by atoms with Crippen molar-refractivity contribution in [3.63, 3.8) is 0 Å². The zero-order chi connectivity index (χ0) is 25.2. The molecule has 0 spiro atoms. The summed E-state index contributed by atoms with van der Waals surface area (Å²) in [5, 5.41) is 8.09. The second kappa shape index (κ2) is 9.69. The molecule has 2 N–H and O–H groups in total. The fourth-order valence-corrected chi connectivity index (χ4v) is 4.90. The van der Waals surface area contributed by atoms with Gasteiger partial charge >= 0.3 is 0 Å². The van der Waals surface area contributed by atoms with Gasteiger partial charge in [-0.3, -0.25) is 19.8 Å². The van der Waals surface area contributed by atoms with Crippen molar-refractivity contribution in [2.24, 2.45) is 0 Å². The molecule has 0 saturated heterocycles. The minimum Gasteiger partial charge on any atom is -0.493 e. The van der Waals surface area contributed by atoms with Crippen LogP contribution in [0.3, 0.4) is 0 Å². The van der Waals surface area contributed by atoms with Crippen LogP contribution in [0.4, 0.5) is 5.69 Å². The summed E-state index contributed by atoms with van der Waals surface area (Å²) in [5.41, 5.74) is 6.41. The van der Waals surface area contributed by atoms with Gasteiger partial charge in [0.1, 0.15) is 5.69 Å². The fraction of sp³-hybridized carbons (Fsp3) is 0.259. The summed E-state index contributed by atoms with van der Waals surface area (Å²) in [6.07, 6.45) is 1.71. The number of hydrogen-bond donors (Lipinski definition) is 2. The normalized spacial score (nSPS) is 17.6. The molecule has 36 heavy (non-hydrogen) atoms. The summed E-state index contributed by atoms with van der Waals surface area (Å²) in [6.45, 7) is 0. The first kappa shape index (κ1) is 23.3. The molecule has 2 aliphatic rings. The van der Waals surface area contributed by atoms with Gasteiger partial charge in [-0.15, -0.1) is 0 Å². The Bertz CT molecular complexity index is 1410. The van der Waals surface area contributed by atoms with Crippen LogP contribution in [-0.4, -0.2) is 41.1 Å². The summed E-state index contributed by atoms with van der Waals surface area (Å²) >= 11 is 0. The van der Waals surface area contributed by atoms with E-state index in [1.165, 1.54) is 11.1 Å². The highest BCUT2D eigenvalue weighted by Crippen LogP contribution is 2.43. The van der Waals surface area contributed by atoms with Gasteiger partial charge in [0.2, 0.25) is 5.91 Å². The predicted molar refractivity (Wildman–Crippen MR) is 134 cm³/mol. The Balaban J connectivity index is 1.58. The highest BCUT2D eigenvalue weighted by molar-refractivity contribution is 6.01. The Morgan fingerprint density at radius 2 is 1.75 bits per heavy atom. The quantitative estimate of drug-likeness (QED) is 0.545. The van der Waals surface area contributed by atoms with Crippen molar-refractivity contribution in [1.29, 1.82) is 0 Å². The maximum atomic E-state index is 13.5. The predicted octanol–water partition coefficient (Wildman–Crippen LogP) is 3.80. The average Bonchev–Trinajstić information content (AvgIpc) is 2.90. The number of nitrogens with one attached hydrogen (secondary N) is 2. The maximum Gasteiger partial charge on any atom is 0.266 e. The number of aromatic nitrogens is 2. The van der Waals surface area contributed by atoms with Crippen molar-refractivity contribution >= 4 is 17.4 Å². The zero-order valence-electron chi connectivity index (χ0n) is 20.0. The lowest BCUT2D eigenvalue weighted by Gasteiger charge is -2.38. The summed E-state index contributed by atoms with van der Waals surface area (Å²) in [6, 6.07) is 16.2. The van der Waals surface area contributed by atoms with Gasteiger partial charge < -0.3 is 9.47 Å². The molecule has 0 unspecified atom stereocenters. The van der Waals surface area contributed by atoms with E-state index >= 15 is 0 Å². The first-order chi connectivity index (χ1) is 17.5. The number of nitrogens with zero attached hydrogens (tertiary/aromatic N) is 2. The van der Waals surface area contributed by atoms with Crippen LogP contribution in [0.2, 0.25) is 0 Å². The fourth-order valence-electron chi connectivity index (χ4n) is 4.90. The van der Waals surface area contributed by atoms with E-state index in [4.69, 9.17) is 9.47 Å². The smallest absolute Gasteiger partial charge is 0.266 e. The van der Waals surface area contributed by atoms with E-state index in [1.807, 2.05) is 42.5 Å². The molecule has 0 saturated carbocycles. The minimum absolute atomic E-state index is 0.0163. The standard InChI is InChI=1S/C27H26N4O5/c1-35-22-12-11-17(13-23(22)36-2)18-14-25(34)31(20-9-6-10-21(32)26(18)20)30-19-15-24(33)28-29-27(19)16-7-4-3-5-8-16/h3-5,7-8,11-13,15,18H,6,9-10,14H2,1-2H3,(H2,28,30,33)/t18-/m0/s1. The molecule has 0 radical (unpaired) electrons. The molecule has 2 heterocycles. The highest BCUT2D eigenvalue weighted by Gasteiger charge is 2.40. The molecule has 1 aliphatic heterocycles. The van der Waals surface area contributed by atoms with Gasteiger partial charge in [0.25, 0.3) is 5.56 Å². The number of carbonyl (C=O) groups is 2. The van der Waals surface area contributed by atoms with E-state index in [2.05, 4.69) is 15.6 Å². The largest absolute Gasteiger partial charge is 0.493 e. The molecule has 1 atom stereocenters. The first-order valence-electron chi connectivity index (χ1n) is 11.7. The number of H-pyrrole nitrogens is 1. The lowest BCUT2D eigenvalue weighted by molar-refractivity contribution is -0.130. The van der Waals surface area contributed by atoms with Crippen LogP contribution in [0, 0.1) is 0 Å². The number of aromatic amines is 1. The SMILES string of the molecule is COc1ccc([C@@H]2CC(=O)N(Nc3cc(=O)[nH]nc3-c3ccccc3)C3=C2C(=O)CCC3)cc1OC. The van der Waals surface area contributed by atoms with Gasteiger partial charge in [0.05, 0.1) is 25.6 Å². The maximum absolute atomic E-state index is 13.5. The summed E-state index contributed by atoms with van der Waals surface area (Å²) in [4.78, 5) is 38.8. The molecule has 9 nitrogen and oxygen atoms in total. The Morgan fingerprint density at radius 1 is 0.972 bits per heavy atom. The third-order valence-corrected chi connectivity index (χ3v) is 6.57. The lowest BCUT2D eigenvalue weighted by atomic mass is 9.77. The van der Waals surface area contributed by atoms with Crippen LogP contribution >= 0.6 is 0 Å². The Morgan fingerprint density at radius 3 is 2.50 bits per heavy atom. The third-order valence-electron chi connectivity index (χ3n) is 6.57. The van der Waals surface area contributed by atoms with Crippen LogP contribution in [-0.2, 0) is 9.59 Å². The van der Waals surface area contributed by atoms with Crippen LogP contribution in [0.1, 0.15) is 37.2 Å². The number of anilines is 1. The van der Waals surface area contributed by atoms with Crippen LogP contribution in [0.5, 0.6) is 11.5 Å². The van der Waals surface area contributed by atoms with Crippen molar-refractivity contribution in [2.45, 2.75) is 31.6 Å². The Labute approximate surface area is 207 Å². The molecule has 184 valence electrons. The average molecular weight is 487 g/mol. The van der Waals surface area contributed by atoms with Crippen molar-refractivity contribution in [3.8, 4) is 22.8 Å². The minimum atomic E-state index is -0.404. The molecule has 9 heteroatoms.